The molecule has 0 bridgehead atoms. The molecule has 1 aromatic carbocycles. The number of guanidine groups is 1. The fourth-order valence-electron chi connectivity index (χ4n) is 2.83. The number of hydrogen-bond donors (Lipinski definition) is 2. The second-order valence-corrected chi connectivity index (χ2v) is 7.91. The number of rotatable bonds is 6. The van der Waals surface area contributed by atoms with Crippen molar-refractivity contribution in [1.82, 2.24) is 14.9 Å². The lowest BCUT2D eigenvalue weighted by molar-refractivity contribution is 0.266. The van der Waals surface area contributed by atoms with E-state index < -0.39 is 10.0 Å². The second kappa shape index (κ2) is 11.0. The van der Waals surface area contributed by atoms with Gasteiger partial charge in [0.05, 0.1) is 11.4 Å². The highest BCUT2D eigenvalue weighted by Crippen LogP contribution is 2.15. The summed E-state index contributed by atoms with van der Waals surface area (Å²) in [5.41, 5.74) is 0. The minimum absolute atomic E-state index is 0. The number of piperidine rings is 1. The molecule has 2 N–H and O–H groups in total. The summed E-state index contributed by atoms with van der Waals surface area (Å²) in [6.07, 6.45) is 2.43. The first-order valence-electron chi connectivity index (χ1n) is 8.61. The van der Waals surface area contributed by atoms with E-state index in [1.54, 1.807) is 30.3 Å². The Morgan fingerprint density at radius 2 is 2.04 bits per heavy atom. The van der Waals surface area contributed by atoms with E-state index in [9.17, 15) is 8.42 Å². The predicted molar refractivity (Wildman–Crippen MR) is 113 cm³/mol. The van der Waals surface area contributed by atoms with E-state index >= 15 is 0 Å². The fourth-order valence-corrected chi connectivity index (χ4v) is 3.87. The van der Waals surface area contributed by atoms with Crippen molar-refractivity contribution < 1.29 is 8.42 Å². The standard InChI is InChI=1S/C17H28N4O2S.HI/c1-3-18-17(21-13-7-8-15(2)14-21)19-11-12-20-24(22,23)16-9-5-4-6-10-16;/h4-6,9-10,15,20H,3,7-8,11-14H2,1-2H3,(H,18,19);1H. The van der Waals surface area contributed by atoms with Crippen LogP contribution in [0.15, 0.2) is 40.2 Å². The van der Waals surface area contributed by atoms with E-state index in [4.69, 9.17) is 0 Å². The van der Waals surface area contributed by atoms with Crippen LogP contribution in [-0.2, 0) is 10.0 Å². The molecule has 1 atom stereocenters. The third-order valence-electron chi connectivity index (χ3n) is 4.01. The van der Waals surface area contributed by atoms with Gasteiger partial charge in [0.25, 0.3) is 0 Å². The van der Waals surface area contributed by atoms with Gasteiger partial charge in [0.15, 0.2) is 5.96 Å². The molecule has 1 aliphatic rings. The highest BCUT2D eigenvalue weighted by molar-refractivity contribution is 14.0. The van der Waals surface area contributed by atoms with Gasteiger partial charge in [-0.25, -0.2) is 13.1 Å². The maximum Gasteiger partial charge on any atom is 0.240 e. The Bertz CT molecular complexity index is 637. The van der Waals surface area contributed by atoms with Gasteiger partial charge in [-0.2, -0.15) is 0 Å². The van der Waals surface area contributed by atoms with E-state index in [-0.39, 0.29) is 35.4 Å². The Kier molecular flexibility index (Phi) is 9.73. The number of benzene rings is 1. The molecule has 0 saturated carbocycles. The number of likely N-dealkylation sites (tertiary alicyclic amines) is 1. The predicted octanol–water partition coefficient (Wildman–Crippen LogP) is 2.28. The lowest BCUT2D eigenvalue weighted by Crippen LogP contribution is -2.46. The fraction of sp³-hybridized carbons (Fsp3) is 0.588. The first-order chi connectivity index (χ1) is 11.5. The van der Waals surface area contributed by atoms with Crippen LogP contribution >= 0.6 is 24.0 Å². The third kappa shape index (κ3) is 7.10. The average molecular weight is 480 g/mol. The lowest BCUT2D eigenvalue weighted by Gasteiger charge is -2.33. The molecule has 1 aliphatic heterocycles. The summed E-state index contributed by atoms with van der Waals surface area (Å²) in [7, 11) is -3.46. The molecule has 0 spiro atoms. The maximum absolute atomic E-state index is 12.2. The Morgan fingerprint density at radius 3 is 2.68 bits per heavy atom. The van der Waals surface area contributed by atoms with Crippen LogP contribution in [-0.4, -0.2) is 52.0 Å². The second-order valence-electron chi connectivity index (χ2n) is 6.14. The van der Waals surface area contributed by atoms with Crippen molar-refractivity contribution in [2.45, 2.75) is 31.6 Å². The first-order valence-corrected chi connectivity index (χ1v) is 10.1. The molecule has 1 saturated heterocycles. The zero-order valence-corrected chi connectivity index (χ0v) is 18.1. The van der Waals surface area contributed by atoms with Crippen LogP contribution < -0.4 is 10.0 Å². The van der Waals surface area contributed by atoms with Crippen molar-refractivity contribution in [3.8, 4) is 0 Å². The topological polar surface area (TPSA) is 73.8 Å². The van der Waals surface area contributed by atoms with Crippen LogP contribution in [0.1, 0.15) is 26.7 Å². The number of aliphatic imine (C=N–C) groups is 1. The van der Waals surface area contributed by atoms with E-state index in [0.717, 1.165) is 25.6 Å². The van der Waals surface area contributed by atoms with Crippen molar-refractivity contribution in [2.75, 3.05) is 32.7 Å². The zero-order chi connectivity index (χ0) is 17.4. The van der Waals surface area contributed by atoms with Gasteiger partial charge in [-0.15, -0.1) is 24.0 Å². The number of sulfonamides is 1. The van der Waals surface area contributed by atoms with Gasteiger partial charge in [0.2, 0.25) is 10.0 Å². The summed E-state index contributed by atoms with van der Waals surface area (Å²) < 4.78 is 26.9. The van der Waals surface area contributed by atoms with Crippen LogP contribution in [0.25, 0.3) is 0 Å². The van der Waals surface area contributed by atoms with Crippen LogP contribution in [0.3, 0.4) is 0 Å². The minimum atomic E-state index is -3.46. The van der Waals surface area contributed by atoms with Crippen molar-refractivity contribution in [3.63, 3.8) is 0 Å². The zero-order valence-electron chi connectivity index (χ0n) is 14.9. The molecule has 142 valence electrons. The molecule has 0 amide bonds. The van der Waals surface area contributed by atoms with Crippen molar-refractivity contribution in [2.24, 2.45) is 10.9 Å². The van der Waals surface area contributed by atoms with Gasteiger partial charge < -0.3 is 10.2 Å². The molecular weight excluding hydrogens is 451 g/mol. The van der Waals surface area contributed by atoms with Crippen molar-refractivity contribution in [3.05, 3.63) is 30.3 Å². The number of nitrogens with zero attached hydrogens (tertiary/aromatic N) is 2. The Labute approximate surface area is 168 Å². The summed E-state index contributed by atoms with van der Waals surface area (Å²) in [5, 5.41) is 3.30. The van der Waals surface area contributed by atoms with E-state index in [2.05, 4.69) is 26.9 Å². The number of hydrogen-bond acceptors (Lipinski definition) is 3. The molecule has 1 aromatic rings. The third-order valence-corrected chi connectivity index (χ3v) is 5.49. The monoisotopic (exact) mass is 480 g/mol. The van der Waals surface area contributed by atoms with Gasteiger partial charge in [-0.3, -0.25) is 4.99 Å². The van der Waals surface area contributed by atoms with Gasteiger partial charge in [-0.1, -0.05) is 25.1 Å². The quantitative estimate of drug-likeness (QED) is 0.284. The smallest absolute Gasteiger partial charge is 0.240 e. The Morgan fingerprint density at radius 1 is 1.32 bits per heavy atom. The largest absolute Gasteiger partial charge is 0.357 e. The maximum atomic E-state index is 12.2. The molecule has 0 aliphatic carbocycles. The molecule has 8 heteroatoms. The van der Waals surface area contributed by atoms with Crippen molar-refractivity contribution in [1.29, 1.82) is 0 Å². The Hall–Kier alpha value is -0.870. The number of halogens is 1. The minimum Gasteiger partial charge on any atom is -0.357 e. The molecule has 0 aromatic heterocycles. The van der Waals surface area contributed by atoms with Crippen LogP contribution in [0.4, 0.5) is 0 Å². The van der Waals surface area contributed by atoms with Crippen LogP contribution in [0.2, 0.25) is 0 Å². The molecule has 6 nitrogen and oxygen atoms in total. The molecule has 25 heavy (non-hydrogen) atoms. The Balaban J connectivity index is 0.00000312. The molecular formula is C17H29IN4O2S. The average Bonchev–Trinajstić information content (AvgIpc) is 2.58. The first kappa shape index (κ1) is 22.2. The SMILES string of the molecule is CCNC(=NCCNS(=O)(=O)c1ccccc1)N1CCCC(C)C1.I. The summed E-state index contributed by atoms with van der Waals surface area (Å²) in [5.74, 6) is 1.54. The van der Waals surface area contributed by atoms with Crippen molar-refractivity contribution >= 4 is 40.0 Å². The summed E-state index contributed by atoms with van der Waals surface area (Å²) in [6, 6.07) is 8.40. The summed E-state index contributed by atoms with van der Waals surface area (Å²) in [4.78, 5) is 7.12. The molecule has 2 rings (SSSR count). The van der Waals surface area contributed by atoms with Gasteiger partial charge in [0, 0.05) is 26.2 Å². The van der Waals surface area contributed by atoms with E-state index in [0.29, 0.717) is 12.5 Å². The molecule has 1 heterocycles. The van der Waals surface area contributed by atoms with Gasteiger partial charge in [0.1, 0.15) is 0 Å². The lowest BCUT2D eigenvalue weighted by atomic mass is 10.0. The normalized spacial score (nSPS) is 18.6. The van der Waals surface area contributed by atoms with E-state index in [1.165, 1.54) is 12.8 Å². The molecule has 0 radical (unpaired) electrons. The summed E-state index contributed by atoms with van der Waals surface area (Å²) in [6.45, 7) is 7.81. The van der Waals surface area contributed by atoms with E-state index in [1.807, 2.05) is 6.92 Å². The molecule has 1 fully saturated rings. The number of nitrogens with one attached hydrogen (secondary N) is 2. The highest BCUT2D eigenvalue weighted by Gasteiger charge is 2.19. The van der Waals surface area contributed by atoms with Crippen LogP contribution in [0.5, 0.6) is 0 Å². The van der Waals surface area contributed by atoms with Gasteiger partial charge in [-0.05, 0) is 37.8 Å². The summed E-state index contributed by atoms with van der Waals surface area (Å²) >= 11 is 0. The van der Waals surface area contributed by atoms with Gasteiger partial charge >= 0.3 is 0 Å². The molecule has 1 unspecified atom stereocenters. The highest BCUT2D eigenvalue weighted by atomic mass is 127. The van der Waals surface area contributed by atoms with Crippen LogP contribution in [0, 0.1) is 5.92 Å².